The number of carbonyl (C=O) groups excluding carboxylic acids is 1. The molecule has 7 nitrogen and oxygen atoms in total. The quantitative estimate of drug-likeness (QED) is 0.614. The largest absolute Gasteiger partial charge is 0.351 e. The number of hydrogen-bond acceptors (Lipinski definition) is 4. The zero-order valence-electron chi connectivity index (χ0n) is 18.1. The fourth-order valence-electron chi connectivity index (χ4n) is 4.09. The third-order valence-electron chi connectivity index (χ3n) is 6.04. The molecule has 0 aliphatic heterocycles. The van der Waals surface area contributed by atoms with E-state index in [2.05, 4.69) is 41.3 Å². The van der Waals surface area contributed by atoms with Gasteiger partial charge in [0, 0.05) is 30.6 Å². The molecule has 1 amide bonds. The number of aromatic nitrogens is 3. The van der Waals surface area contributed by atoms with Gasteiger partial charge in [0.1, 0.15) is 0 Å². The van der Waals surface area contributed by atoms with Crippen molar-refractivity contribution < 1.29 is 4.79 Å². The fraction of sp³-hybridized carbons (Fsp3) is 0.417. The van der Waals surface area contributed by atoms with Crippen LogP contribution in [0.4, 0.5) is 0 Å². The number of aryl methyl sites for hydroxylation is 1. The average Bonchev–Trinajstić information content (AvgIpc) is 3.59. The third kappa shape index (κ3) is 4.17. The lowest BCUT2D eigenvalue weighted by Crippen LogP contribution is -2.34. The topological polar surface area (TPSA) is 96.9 Å². The molecule has 4 rings (SSSR count). The highest BCUT2D eigenvalue weighted by Crippen LogP contribution is 2.39. The SMILES string of the molecule is CCn1c(=O)[nH]c(=O)c2c(C(=O)NCC(c3ccccc3)C(C)C)cc(C3CC3)nc21. The standard InChI is InChI=1S/C24H28N4O3/c1-4-28-21-20(23(30)27-24(28)31)17(12-19(26-21)16-10-11-16)22(29)25-13-18(14(2)3)15-8-6-5-7-9-15/h5-9,12,14,16,18H,4,10-11,13H2,1-3H3,(H,25,29)(H,27,30,31). The van der Waals surface area contributed by atoms with Gasteiger partial charge >= 0.3 is 5.69 Å². The van der Waals surface area contributed by atoms with Crippen molar-refractivity contribution in [2.75, 3.05) is 6.54 Å². The first-order chi connectivity index (χ1) is 14.9. The minimum atomic E-state index is -0.576. The summed E-state index contributed by atoms with van der Waals surface area (Å²) in [5, 5.41) is 3.20. The minimum Gasteiger partial charge on any atom is -0.351 e. The molecule has 1 aromatic carbocycles. The number of rotatable bonds is 7. The summed E-state index contributed by atoms with van der Waals surface area (Å²) in [7, 11) is 0. The molecule has 1 aliphatic carbocycles. The molecule has 2 N–H and O–H groups in total. The Labute approximate surface area is 180 Å². The number of H-pyrrole nitrogens is 1. The van der Waals surface area contributed by atoms with Crippen molar-refractivity contribution in [2.24, 2.45) is 5.92 Å². The zero-order chi connectivity index (χ0) is 22.1. The molecule has 31 heavy (non-hydrogen) atoms. The maximum absolute atomic E-state index is 13.3. The van der Waals surface area contributed by atoms with Crippen LogP contribution < -0.4 is 16.6 Å². The van der Waals surface area contributed by atoms with Crippen molar-refractivity contribution in [2.45, 2.75) is 52.0 Å². The highest BCUT2D eigenvalue weighted by atomic mass is 16.2. The molecule has 1 unspecified atom stereocenters. The smallest absolute Gasteiger partial charge is 0.329 e. The monoisotopic (exact) mass is 420 g/mol. The molecule has 2 aromatic heterocycles. The first kappa shape index (κ1) is 21.0. The molecule has 1 aliphatic rings. The summed E-state index contributed by atoms with van der Waals surface area (Å²) in [5.41, 5.74) is 1.42. The maximum atomic E-state index is 13.3. The predicted molar refractivity (Wildman–Crippen MR) is 121 cm³/mol. The number of carbonyl (C=O) groups is 1. The van der Waals surface area contributed by atoms with Crippen LogP contribution in [0.25, 0.3) is 11.0 Å². The Morgan fingerprint density at radius 2 is 1.94 bits per heavy atom. The fourth-order valence-corrected chi connectivity index (χ4v) is 4.09. The number of hydrogen-bond donors (Lipinski definition) is 2. The Kier molecular flexibility index (Phi) is 5.76. The van der Waals surface area contributed by atoms with E-state index >= 15 is 0 Å². The van der Waals surface area contributed by atoms with E-state index in [0.29, 0.717) is 19.0 Å². The van der Waals surface area contributed by atoms with Gasteiger partial charge in [0.15, 0.2) is 5.65 Å². The van der Waals surface area contributed by atoms with E-state index in [1.165, 1.54) is 4.57 Å². The van der Waals surface area contributed by atoms with Gasteiger partial charge in [-0.15, -0.1) is 0 Å². The second-order valence-corrected chi connectivity index (χ2v) is 8.54. The number of nitrogens with zero attached hydrogens (tertiary/aromatic N) is 2. The van der Waals surface area contributed by atoms with Crippen LogP contribution in [0.15, 0.2) is 46.0 Å². The number of aromatic amines is 1. The molecule has 1 fully saturated rings. The Morgan fingerprint density at radius 3 is 2.55 bits per heavy atom. The van der Waals surface area contributed by atoms with E-state index in [1.54, 1.807) is 6.07 Å². The Bertz CT molecular complexity index is 1220. The summed E-state index contributed by atoms with van der Waals surface area (Å²) in [5.74, 6) is 0.437. The summed E-state index contributed by atoms with van der Waals surface area (Å²) in [4.78, 5) is 45.2. The molecule has 0 radical (unpaired) electrons. The van der Waals surface area contributed by atoms with E-state index in [0.717, 1.165) is 24.1 Å². The normalized spacial score (nSPS) is 14.7. The molecule has 1 atom stereocenters. The van der Waals surface area contributed by atoms with Crippen LogP contribution in [0.1, 0.15) is 67.1 Å². The Balaban J connectivity index is 1.73. The molecular formula is C24H28N4O3. The van der Waals surface area contributed by atoms with Crippen LogP contribution in [-0.2, 0) is 6.54 Å². The van der Waals surface area contributed by atoms with Gasteiger partial charge in [0.05, 0.1) is 10.9 Å². The number of fused-ring (bicyclic) bond motifs is 1. The van der Waals surface area contributed by atoms with Crippen LogP contribution in [0.3, 0.4) is 0 Å². The van der Waals surface area contributed by atoms with E-state index < -0.39 is 11.2 Å². The molecule has 0 spiro atoms. The van der Waals surface area contributed by atoms with Gasteiger partial charge in [0.25, 0.3) is 11.5 Å². The highest BCUT2D eigenvalue weighted by Gasteiger charge is 2.29. The summed E-state index contributed by atoms with van der Waals surface area (Å²) in [6, 6.07) is 11.8. The van der Waals surface area contributed by atoms with Crippen LogP contribution in [-0.4, -0.2) is 27.0 Å². The number of benzene rings is 1. The van der Waals surface area contributed by atoms with E-state index in [4.69, 9.17) is 0 Å². The molecule has 2 heterocycles. The molecule has 162 valence electrons. The van der Waals surface area contributed by atoms with Gasteiger partial charge in [-0.05, 0) is 37.3 Å². The molecule has 0 saturated heterocycles. The maximum Gasteiger partial charge on any atom is 0.329 e. The van der Waals surface area contributed by atoms with Crippen molar-refractivity contribution in [3.8, 4) is 0 Å². The lowest BCUT2D eigenvalue weighted by Gasteiger charge is -2.22. The summed E-state index contributed by atoms with van der Waals surface area (Å²) in [6.45, 7) is 6.88. The highest BCUT2D eigenvalue weighted by molar-refractivity contribution is 6.05. The van der Waals surface area contributed by atoms with Crippen LogP contribution in [0.2, 0.25) is 0 Å². The van der Waals surface area contributed by atoms with Crippen LogP contribution in [0.5, 0.6) is 0 Å². The van der Waals surface area contributed by atoms with Gasteiger partial charge in [-0.1, -0.05) is 44.2 Å². The van der Waals surface area contributed by atoms with Crippen molar-refractivity contribution >= 4 is 16.9 Å². The molecule has 0 bridgehead atoms. The van der Waals surface area contributed by atoms with Crippen molar-refractivity contribution in [3.63, 3.8) is 0 Å². The molecular weight excluding hydrogens is 392 g/mol. The summed E-state index contributed by atoms with van der Waals surface area (Å²) < 4.78 is 1.42. The second kappa shape index (κ2) is 8.49. The van der Waals surface area contributed by atoms with Gasteiger partial charge < -0.3 is 5.32 Å². The third-order valence-corrected chi connectivity index (χ3v) is 6.04. The first-order valence-electron chi connectivity index (χ1n) is 10.9. The van der Waals surface area contributed by atoms with Crippen molar-refractivity contribution in [1.29, 1.82) is 0 Å². The lowest BCUT2D eigenvalue weighted by atomic mass is 9.88. The molecule has 7 heteroatoms. The number of pyridine rings is 1. The minimum absolute atomic E-state index is 0.147. The van der Waals surface area contributed by atoms with Gasteiger partial charge in [-0.3, -0.25) is 19.1 Å². The summed E-state index contributed by atoms with van der Waals surface area (Å²) in [6.07, 6.45) is 2.01. The van der Waals surface area contributed by atoms with E-state index in [9.17, 15) is 14.4 Å². The number of amides is 1. The van der Waals surface area contributed by atoms with Crippen LogP contribution in [0, 0.1) is 5.92 Å². The first-order valence-corrected chi connectivity index (χ1v) is 10.9. The van der Waals surface area contributed by atoms with E-state index in [1.807, 2.05) is 25.1 Å². The predicted octanol–water partition coefficient (Wildman–Crippen LogP) is 3.15. The summed E-state index contributed by atoms with van der Waals surface area (Å²) >= 11 is 0. The van der Waals surface area contributed by atoms with Gasteiger partial charge in [-0.25, -0.2) is 9.78 Å². The Morgan fingerprint density at radius 1 is 1.23 bits per heavy atom. The van der Waals surface area contributed by atoms with Crippen molar-refractivity contribution in [3.05, 3.63) is 74.1 Å². The van der Waals surface area contributed by atoms with Gasteiger partial charge in [0.2, 0.25) is 0 Å². The van der Waals surface area contributed by atoms with E-state index in [-0.39, 0.29) is 34.3 Å². The molecule has 3 aromatic rings. The number of nitrogens with one attached hydrogen (secondary N) is 2. The average molecular weight is 421 g/mol. The Hall–Kier alpha value is -3.22. The molecule has 1 saturated carbocycles. The van der Waals surface area contributed by atoms with Crippen LogP contribution >= 0.6 is 0 Å². The zero-order valence-corrected chi connectivity index (χ0v) is 18.1. The van der Waals surface area contributed by atoms with Gasteiger partial charge in [-0.2, -0.15) is 0 Å². The second-order valence-electron chi connectivity index (χ2n) is 8.54. The lowest BCUT2D eigenvalue weighted by molar-refractivity contribution is 0.0950. The van der Waals surface area contributed by atoms with Crippen molar-refractivity contribution in [1.82, 2.24) is 19.9 Å².